The molecule has 0 spiro atoms. The molecule has 6 heteroatoms. The van der Waals surface area contributed by atoms with E-state index in [2.05, 4.69) is 34.0 Å². The van der Waals surface area contributed by atoms with Crippen LogP contribution in [-0.4, -0.2) is 29.4 Å². The molecule has 0 unspecified atom stereocenters. The normalized spacial score (nSPS) is 11.5. The standard InChI is InChI=1S/C16H21ClN4S/c1-4-18-16(20-10-15-19-9-12(2)22-15)21(3)11-13-7-5-6-8-14(13)17/h5-9H,4,10-11H2,1-3H3,(H,18,20). The minimum Gasteiger partial charge on any atom is -0.357 e. The Morgan fingerprint density at radius 1 is 1.41 bits per heavy atom. The van der Waals surface area contributed by atoms with Gasteiger partial charge in [0.1, 0.15) is 5.01 Å². The van der Waals surface area contributed by atoms with Gasteiger partial charge in [-0.05, 0) is 25.5 Å². The van der Waals surface area contributed by atoms with Crippen LogP contribution in [0.3, 0.4) is 0 Å². The fourth-order valence-corrected chi connectivity index (χ4v) is 2.95. The Morgan fingerprint density at radius 3 is 2.82 bits per heavy atom. The molecule has 0 bridgehead atoms. The van der Waals surface area contributed by atoms with Gasteiger partial charge in [0.25, 0.3) is 0 Å². The summed E-state index contributed by atoms with van der Waals surface area (Å²) in [6, 6.07) is 7.88. The van der Waals surface area contributed by atoms with Gasteiger partial charge in [-0.25, -0.2) is 9.98 Å². The van der Waals surface area contributed by atoms with Crippen molar-refractivity contribution >= 4 is 28.9 Å². The Balaban J connectivity index is 2.07. The molecule has 0 amide bonds. The predicted octanol–water partition coefficient (Wildman–Crippen LogP) is 3.70. The summed E-state index contributed by atoms with van der Waals surface area (Å²) < 4.78 is 0. The minimum absolute atomic E-state index is 0.591. The molecule has 4 nitrogen and oxygen atoms in total. The molecule has 2 aromatic rings. The van der Waals surface area contributed by atoms with E-state index < -0.39 is 0 Å². The quantitative estimate of drug-likeness (QED) is 0.668. The minimum atomic E-state index is 0.591. The Bertz CT molecular complexity index is 639. The highest BCUT2D eigenvalue weighted by molar-refractivity contribution is 7.11. The summed E-state index contributed by atoms with van der Waals surface area (Å²) in [6.07, 6.45) is 1.88. The molecule has 0 aliphatic carbocycles. The van der Waals surface area contributed by atoms with Crippen molar-refractivity contribution in [3.8, 4) is 0 Å². The van der Waals surface area contributed by atoms with Crippen LogP contribution < -0.4 is 5.32 Å². The van der Waals surface area contributed by atoms with E-state index in [1.165, 1.54) is 4.88 Å². The maximum atomic E-state index is 6.23. The Kier molecular flexibility index (Phi) is 6.21. The fraction of sp³-hybridized carbons (Fsp3) is 0.375. The van der Waals surface area contributed by atoms with Crippen molar-refractivity contribution in [2.45, 2.75) is 26.9 Å². The Labute approximate surface area is 140 Å². The molecule has 1 heterocycles. The second-order valence-corrected chi connectivity index (χ2v) is 6.71. The number of aliphatic imine (C=N–C) groups is 1. The van der Waals surface area contributed by atoms with E-state index >= 15 is 0 Å². The van der Waals surface area contributed by atoms with E-state index in [1.807, 2.05) is 37.5 Å². The van der Waals surface area contributed by atoms with Gasteiger partial charge >= 0.3 is 0 Å². The lowest BCUT2D eigenvalue weighted by Gasteiger charge is -2.22. The first-order chi connectivity index (χ1) is 10.6. The van der Waals surface area contributed by atoms with Gasteiger partial charge < -0.3 is 10.2 Å². The van der Waals surface area contributed by atoms with Gasteiger partial charge in [-0.15, -0.1) is 11.3 Å². The highest BCUT2D eigenvalue weighted by Gasteiger charge is 2.09. The summed E-state index contributed by atoms with van der Waals surface area (Å²) in [5.41, 5.74) is 1.09. The maximum absolute atomic E-state index is 6.23. The number of nitrogens with zero attached hydrogens (tertiary/aromatic N) is 3. The third kappa shape index (κ3) is 4.71. The van der Waals surface area contributed by atoms with Gasteiger partial charge in [-0.3, -0.25) is 0 Å². The summed E-state index contributed by atoms with van der Waals surface area (Å²) in [5.74, 6) is 0.857. The number of rotatable bonds is 5. The number of aryl methyl sites for hydroxylation is 1. The van der Waals surface area contributed by atoms with Crippen LogP contribution in [0.5, 0.6) is 0 Å². The summed E-state index contributed by atoms with van der Waals surface area (Å²) in [6.45, 7) is 6.24. The zero-order valence-corrected chi connectivity index (χ0v) is 14.7. The summed E-state index contributed by atoms with van der Waals surface area (Å²) in [7, 11) is 2.01. The average Bonchev–Trinajstić information content (AvgIpc) is 2.91. The molecule has 2 rings (SSSR count). The van der Waals surface area contributed by atoms with E-state index in [0.29, 0.717) is 13.1 Å². The fourth-order valence-electron chi connectivity index (χ4n) is 2.04. The molecule has 0 aliphatic heterocycles. The van der Waals surface area contributed by atoms with Crippen LogP contribution in [0.2, 0.25) is 5.02 Å². The van der Waals surface area contributed by atoms with Crippen LogP contribution >= 0.6 is 22.9 Å². The van der Waals surface area contributed by atoms with Gasteiger partial charge in [0.15, 0.2) is 5.96 Å². The lowest BCUT2D eigenvalue weighted by Crippen LogP contribution is -2.38. The molecular formula is C16H21ClN4S. The van der Waals surface area contributed by atoms with Crippen LogP contribution in [0, 0.1) is 6.92 Å². The molecule has 0 atom stereocenters. The second kappa shape index (κ2) is 8.15. The third-order valence-corrected chi connectivity index (χ3v) is 4.36. The number of hydrogen-bond donors (Lipinski definition) is 1. The first kappa shape index (κ1) is 16.8. The van der Waals surface area contributed by atoms with Gasteiger partial charge in [-0.2, -0.15) is 0 Å². The molecule has 1 aromatic carbocycles. The van der Waals surface area contributed by atoms with Crippen molar-refractivity contribution in [2.75, 3.05) is 13.6 Å². The summed E-state index contributed by atoms with van der Waals surface area (Å²) in [5, 5.41) is 5.11. The summed E-state index contributed by atoms with van der Waals surface area (Å²) in [4.78, 5) is 12.3. The molecule has 0 fully saturated rings. The molecule has 1 N–H and O–H groups in total. The van der Waals surface area contributed by atoms with Crippen molar-refractivity contribution in [3.63, 3.8) is 0 Å². The van der Waals surface area contributed by atoms with E-state index in [9.17, 15) is 0 Å². The zero-order chi connectivity index (χ0) is 15.9. The summed E-state index contributed by atoms with van der Waals surface area (Å²) >= 11 is 7.91. The molecule has 0 saturated heterocycles. The number of aromatic nitrogens is 1. The van der Waals surface area contributed by atoms with Crippen molar-refractivity contribution in [1.29, 1.82) is 0 Å². The highest BCUT2D eigenvalue weighted by Crippen LogP contribution is 2.17. The maximum Gasteiger partial charge on any atom is 0.194 e. The molecule has 0 radical (unpaired) electrons. The number of hydrogen-bond acceptors (Lipinski definition) is 3. The van der Waals surface area contributed by atoms with Crippen LogP contribution in [0.4, 0.5) is 0 Å². The van der Waals surface area contributed by atoms with Crippen molar-refractivity contribution < 1.29 is 0 Å². The van der Waals surface area contributed by atoms with E-state index in [4.69, 9.17) is 11.6 Å². The Morgan fingerprint density at radius 2 is 2.18 bits per heavy atom. The lowest BCUT2D eigenvalue weighted by atomic mass is 10.2. The topological polar surface area (TPSA) is 40.5 Å². The number of halogens is 1. The largest absolute Gasteiger partial charge is 0.357 e. The highest BCUT2D eigenvalue weighted by atomic mass is 35.5. The van der Waals surface area contributed by atoms with E-state index in [-0.39, 0.29) is 0 Å². The number of guanidine groups is 1. The molecule has 0 saturated carbocycles. The van der Waals surface area contributed by atoms with Crippen molar-refractivity contribution in [2.24, 2.45) is 4.99 Å². The van der Waals surface area contributed by atoms with Gasteiger partial charge in [0.2, 0.25) is 0 Å². The van der Waals surface area contributed by atoms with Crippen molar-refractivity contribution in [1.82, 2.24) is 15.2 Å². The van der Waals surface area contributed by atoms with Crippen LogP contribution in [0.15, 0.2) is 35.5 Å². The lowest BCUT2D eigenvalue weighted by molar-refractivity contribution is 0.477. The molecule has 22 heavy (non-hydrogen) atoms. The van der Waals surface area contributed by atoms with Gasteiger partial charge in [0, 0.05) is 36.2 Å². The number of thiazole rings is 1. The van der Waals surface area contributed by atoms with E-state index in [1.54, 1.807) is 11.3 Å². The first-order valence-corrected chi connectivity index (χ1v) is 8.43. The molecule has 118 valence electrons. The average molecular weight is 337 g/mol. The second-order valence-electron chi connectivity index (χ2n) is 4.98. The number of nitrogens with one attached hydrogen (secondary N) is 1. The third-order valence-electron chi connectivity index (χ3n) is 3.10. The SMILES string of the molecule is CCNC(=NCc1ncc(C)s1)N(C)Cc1ccccc1Cl. The smallest absolute Gasteiger partial charge is 0.194 e. The van der Waals surface area contributed by atoms with E-state index in [0.717, 1.165) is 28.1 Å². The van der Waals surface area contributed by atoms with Crippen LogP contribution in [0.1, 0.15) is 22.4 Å². The number of benzene rings is 1. The zero-order valence-electron chi connectivity index (χ0n) is 13.1. The van der Waals surface area contributed by atoms with Crippen molar-refractivity contribution in [3.05, 3.63) is 50.9 Å². The van der Waals surface area contributed by atoms with Crippen LogP contribution in [-0.2, 0) is 13.1 Å². The first-order valence-electron chi connectivity index (χ1n) is 7.24. The van der Waals surface area contributed by atoms with Gasteiger partial charge in [-0.1, -0.05) is 29.8 Å². The molecule has 1 aromatic heterocycles. The Hall–Kier alpha value is -1.59. The molecule has 0 aliphatic rings. The monoisotopic (exact) mass is 336 g/mol. The molecular weight excluding hydrogens is 316 g/mol. The van der Waals surface area contributed by atoms with Crippen LogP contribution in [0.25, 0.3) is 0 Å². The predicted molar refractivity (Wildman–Crippen MR) is 94.6 cm³/mol. The van der Waals surface area contributed by atoms with Gasteiger partial charge in [0.05, 0.1) is 6.54 Å².